The predicted octanol–water partition coefficient (Wildman–Crippen LogP) is 1.44. The molecule has 0 radical (unpaired) electrons. The van der Waals surface area contributed by atoms with E-state index in [4.69, 9.17) is 4.74 Å². The van der Waals surface area contributed by atoms with Crippen molar-refractivity contribution in [2.45, 2.75) is 12.5 Å². The highest BCUT2D eigenvalue weighted by Gasteiger charge is 2.03. The summed E-state index contributed by atoms with van der Waals surface area (Å²) in [5.74, 6) is 0.582. The van der Waals surface area contributed by atoms with Crippen LogP contribution in [0.2, 0.25) is 0 Å². The van der Waals surface area contributed by atoms with E-state index in [1.54, 1.807) is 13.3 Å². The number of rotatable bonds is 6. The number of fused-ring (bicyclic) bond motifs is 1. The second-order valence-electron chi connectivity index (χ2n) is 4.08. The van der Waals surface area contributed by atoms with Gasteiger partial charge < -0.3 is 15.2 Å². The average molecular weight is 247 g/mol. The number of nitrogens with zero attached hydrogens (tertiary/aromatic N) is 2. The third kappa shape index (κ3) is 3.38. The van der Waals surface area contributed by atoms with Gasteiger partial charge in [-0.3, -0.25) is 0 Å². The number of hydrogen-bond donors (Lipinski definition) is 2. The van der Waals surface area contributed by atoms with E-state index in [-0.39, 0.29) is 0 Å². The van der Waals surface area contributed by atoms with E-state index >= 15 is 0 Å². The maximum absolute atomic E-state index is 9.49. The number of ether oxygens (including phenoxy) is 1. The van der Waals surface area contributed by atoms with Crippen molar-refractivity contribution in [1.29, 1.82) is 0 Å². The Labute approximate surface area is 106 Å². The fraction of sp³-hybridized carbons (Fsp3) is 0.385. The van der Waals surface area contributed by atoms with Crippen LogP contribution in [0.15, 0.2) is 30.5 Å². The van der Waals surface area contributed by atoms with Gasteiger partial charge in [0.25, 0.3) is 0 Å². The largest absolute Gasteiger partial charge is 0.391 e. The molecule has 0 amide bonds. The van der Waals surface area contributed by atoms with Gasteiger partial charge in [-0.1, -0.05) is 18.2 Å². The molecule has 0 saturated heterocycles. The van der Waals surface area contributed by atoms with Crippen LogP contribution in [0.25, 0.3) is 10.9 Å². The molecule has 0 aliphatic carbocycles. The van der Waals surface area contributed by atoms with Gasteiger partial charge in [0, 0.05) is 25.2 Å². The first-order chi connectivity index (χ1) is 8.79. The molecule has 0 saturated carbocycles. The van der Waals surface area contributed by atoms with Gasteiger partial charge in [-0.25, -0.2) is 9.97 Å². The van der Waals surface area contributed by atoms with Crippen LogP contribution in [0.5, 0.6) is 0 Å². The molecular formula is C13H17N3O2. The summed E-state index contributed by atoms with van der Waals surface area (Å²) in [7, 11) is 1.57. The summed E-state index contributed by atoms with van der Waals surface area (Å²) in [5, 5.41) is 13.6. The highest BCUT2D eigenvalue weighted by molar-refractivity contribution is 5.78. The van der Waals surface area contributed by atoms with E-state index in [1.807, 2.05) is 24.3 Å². The minimum Gasteiger partial charge on any atom is -0.391 e. The monoisotopic (exact) mass is 247 g/mol. The van der Waals surface area contributed by atoms with E-state index in [0.717, 1.165) is 10.9 Å². The van der Waals surface area contributed by atoms with Crippen molar-refractivity contribution in [3.63, 3.8) is 0 Å². The van der Waals surface area contributed by atoms with E-state index in [2.05, 4.69) is 15.3 Å². The minimum absolute atomic E-state index is 0.347. The van der Waals surface area contributed by atoms with Crippen molar-refractivity contribution in [2.75, 3.05) is 25.6 Å². The first-order valence-electron chi connectivity index (χ1n) is 5.92. The molecule has 1 unspecified atom stereocenters. The Morgan fingerprint density at radius 2 is 2.22 bits per heavy atom. The molecule has 1 aromatic heterocycles. The number of anilines is 1. The van der Waals surface area contributed by atoms with Gasteiger partial charge in [0.2, 0.25) is 5.95 Å². The van der Waals surface area contributed by atoms with E-state index in [9.17, 15) is 5.11 Å². The maximum atomic E-state index is 9.49. The van der Waals surface area contributed by atoms with Crippen LogP contribution in [0.1, 0.15) is 6.42 Å². The topological polar surface area (TPSA) is 67.3 Å². The first-order valence-corrected chi connectivity index (χ1v) is 5.92. The third-order valence-corrected chi connectivity index (χ3v) is 2.61. The average Bonchev–Trinajstić information content (AvgIpc) is 2.39. The number of nitrogens with one attached hydrogen (secondary N) is 1. The summed E-state index contributed by atoms with van der Waals surface area (Å²) >= 11 is 0. The zero-order valence-electron chi connectivity index (χ0n) is 10.3. The molecule has 2 rings (SSSR count). The van der Waals surface area contributed by atoms with E-state index in [1.165, 1.54) is 0 Å². The molecule has 0 spiro atoms. The molecule has 1 aromatic carbocycles. The maximum Gasteiger partial charge on any atom is 0.223 e. The summed E-state index contributed by atoms with van der Waals surface area (Å²) in [6.07, 6.45) is 1.93. The normalized spacial score (nSPS) is 12.6. The van der Waals surface area contributed by atoms with Crippen LogP contribution in [0.3, 0.4) is 0 Å². The minimum atomic E-state index is -0.456. The van der Waals surface area contributed by atoms with Crippen LogP contribution in [0, 0.1) is 0 Å². The summed E-state index contributed by atoms with van der Waals surface area (Å²) < 4.78 is 4.86. The summed E-state index contributed by atoms with van der Waals surface area (Å²) in [5.41, 5.74) is 0.910. The van der Waals surface area contributed by atoms with Crippen molar-refractivity contribution >= 4 is 16.9 Å². The molecule has 1 atom stereocenters. The lowest BCUT2D eigenvalue weighted by molar-refractivity contribution is 0.0615. The molecular weight excluding hydrogens is 230 g/mol. The van der Waals surface area contributed by atoms with Crippen LogP contribution in [-0.2, 0) is 4.74 Å². The summed E-state index contributed by atoms with van der Waals surface area (Å²) in [6, 6.07) is 7.82. The standard InChI is InChI=1S/C13H17N3O2/c1-18-9-11(17)6-7-14-13-15-8-10-4-2-3-5-12(10)16-13/h2-5,8,11,17H,6-7,9H2,1H3,(H,14,15,16). The van der Waals surface area contributed by atoms with Gasteiger partial charge in [-0.15, -0.1) is 0 Å². The number of aliphatic hydroxyl groups excluding tert-OH is 1. The molecule has 2 aromatic rings. The molecule has 0 fully saturated rings. The number of methoxy groups -OCH3 is 1. The molecule has 2 N–H and O–H groups in total. The Balaban J connectivity index is 1.91. The molecule has 5 nitrogen and oxygen atoms in total. The first kappa shape index (κ1) is 12.7. The van der Waals surface area contributed by atoms with Crippen LogP contribution < -0.4 is 5.32 Å². The lowest BCUT2D eigenvalue weighted by atomic mass is 10.2. The third-order valence-electron chi connectivity index (χ3n) is 2.61. The fourth-order valence-electron chi connectivity index (χ4n) is 1.68. The quantitative estimate of drug-likeness (QED) is 0.808. The predicted molar refractivity (Wildman–Crippen MR) is 70.5 cm³/mol. The smallest absolute Gasteiger partial charge is 0.223 e. The van der Waals surface area contributed by atoms with Crippen molar-refractivity contribution in [3.8, 4) is 0 Å². The van der Waals surface area contributed by atoms with Crippen LogP contribution in [0.4, 0.5) is 5.95 Å². The SMILES string of the molecule is COCC(O)CCNc1ncc2ccccc2n1. The molecule has 1 heterocycles. The molecule has 96 valence electrons. The van der Waals surface area contributed by atoms with E-state index in [0.29, 0.717) is 25.5 Å². The Morgan fingerprint density at radius 1 is 1.39 bits per heavy atom. The second kappa shape index (κ2) is 6.28. The van der Waals surface area contributed by atoms with Crippen molar-refractivity contribution in [1.82, 2.24) is 9.97 Å². The van der Waals surface area contributed by atoms with Gasteiger partial charge in [-0.2, -0.15) is 0 Å². The Hall–Kier alpha value is -1.72. The van der Waals surface area contributed by atoms with Crippen molar-refractivity contribution < 1.29 is 9.84 Å². The van der Waals surface area contributed by atoms with Crippen molar-refractivity contribution in [3.05, 3.63) is 30.5 Å². The number of benzene rings is 1. The Kier molecular flexibility index (Phi) is 4.44. The lowest BCUT2D eigenvalue weighted by Gasteiger charge is -2.10. The molecule has 0 bridgehead atoms. The van der Waals surface area contributed by atoms with Gasteiger partial charge in [0.15, 0.2) is 0 Å². The van der Waals surface area contributed by atoms with Crippen LogP contribution in [-0.4, -0.2) is 41.4 Å². The molecule has 5 heteroatoms. The Morgan fingerprint density at radius 3 is 3.06 bits per heavy atom. The van der Waals surface area contributed by atoms with Crippen molar-refractivity contribution in [2.24, 2.45) is 0 Å². The highest BCUT2D eigenvalue weighted by Crippen LogP contribution is 2.11. The zero-order chi connectivity index (χ0) is 12.8. The zero-order valence-corrected chi connectivity index (χ0v) is 10.3. The van der Waals surface area contributed by atoms with Gasteiger partial charge in [0.1, 0.15) is 0 Å². The number of aliphatic hydroxyl groups is 1. The van der Waals surface area contributed by atoms with E-state index < -0.39 is 6.10 Å². The number of para-hydroxylation sites is 1. The van der Waals surface area contributed by atoms with Gasteiger partial charge in [0.05, 0.1) is 18.2 Å². The number of aromatic nitrogens is 2. The number of hydrogen-bond acceptors (Lipinski definition) is 5. The summed E-state index contributed by atoms with van der Waals surface area (Å²) in [4.78, 5) is 8.60. The summed E-state index contributed by atoms with van der Waals surface area (Å²) in [6.45, 7) is 0.961. The Bertz CT molecular complexity index is 504. The highest BCUT2D eigenvalue weighted by atomic mass is 16.5. The van der Waals surface area contributed by atoms with Gasteiger partial charge >= 0.3 is 0 Å². The van der Waals surface area contributed by atoms with Crippen LogP contribution >= 0.6 is 0 Å². The second-order valence-corrected chi connectivity index (χ2v) is 4.08. The molecule has 0 aliphatic heterocycles. The molecule has 18 heavy (non-hydrogen) atoms. The molecule has 0 aliphatic rings. The van der Waals surface area contributed by atoms with Gasteiger partial charge in [-0.05, 0) is 12.5 Å². The fourth-order valence-corrected chi connectivity index (χ4v) is 1.68. The lowest BCUT2D eigenvalue weighted by Crippen LogP contribution is -2.18.